The second-order valence-electron chi connectivity index (χ2n) is 7.29. The molecule has 2 fully saturated rings. The van der Waals surface area contributed by atoms with Crippen molar-refractivity contribution in [2.75, 3.05) is 19.6 Å². The van der Waals surface area contributed by atoms with Gasteiger partial charge in [0.15, 0.2) is 0 Å². The number of nitrogens with zero attached hydrogens (tertiary/aromatic N) is 2. The zero-order chi connectivity index (χ0) is 18.4. The van der Waals surface area contributed by atoms with Gasteiger partial charge in [0.1, 0.15) is 5.69 Å². The summed E-state index contributed by atoms with van der Waals surface area (Å²) in [6, 6.07) is 5.14. The molecular weight excluding hydrogens is 332 g/mol. The van der Waals surface area contributed by atoms with Crippen molar-refractivity contribution in [3.05, 3.63) is 30.1 Å². The number of amides is 2. The monoisotopic (exact) mass is 360 g/mol. The molecule has 1 aliphatic carbocycles. The minimum absolute atomic E-state index is 0.0278. The SMILES string of the molecule is O=C(CN1CC[C@@H](NC(=O)c2ccccn2)[C@H](O)C1)NC1CCCCC1. The minimum atomic E-state index is -0.695. The molecule has 1 aromatic rings. The molecule has 2 aliphatic rings. The van der Waals surface area contributed by atoms with Crippen molar-refractivity contribution >= 4 is 11.8 Å². The van der Waals surface area contributed by atoms with Gasteiger partial charge in [-0.25, -0.2) is 0 Å². The Bertz CT molecular complexity index is 604. The molecule has 2 heterocycles. The van der Waals surface area contributed by atoms with Crippen LogP contribution < -0.4 is 10.6 Å². The van der Waals surface area contributed by atoms with Crippen molar-refractivity contribution in [3.63, 3.8) is 0 Å². The van der Waals surface area contributed by atoms with Crippen LogP contribution in [0.3, 0.4) is 0 Å². The van der Waals surface area contributed by atoms with Gasteiger partial charge in [0.05, 0.1) is 18.7 Å². The van der Waals surface area contributed by atoms with Crippen LogP contribution in [0.1, 0.15) is 49.0 Å². The van der Waals surface area contributed by atoms with Crippen LogP contribution in [0.25, 0.3) is 0 Å². The summed E-state index contributed by atoms with van der Waals surface area (Å²) in [5.74, 6) is -0.252. The van der Waals surface area contributed by atoms with Crippen LogP contribution in [0.2, 0.25) is 0 Å². The first-order valence-electron chi connectivity index (χ1n) is 9.53. The Morgan fingerprint density at radius 2 is 1.96 bits per heavy atom. The number of carbonyl (C=O) groups is 2. The zero-order valence-corrected chi connectivity index (χ0v) is 15.1. The summed E-state index contributed by atoms with van der Waals surface area (Å²) in [7, 11) is 0. The zero-order valence-electron chi connectivity index (χ0n) is 15.1. The minimum Gasteiger partial charge on any atom is -0.390 e. The average Bonchev–Trinajstić information content (AvgIpc) is 2.65. The molecule has 1 aromatic heterocycles. The first kappa shape index (κ1) is 18.8. The van der Waals surface area contributed by atoms with E-state index in [-0.39, 0.29) is 17.9 Å². The third kappa shape index (κ3) is 5.25. The maximum Gasteiger partial charge on any atom is 0.270 e. The molecule has 2 atom stereocenters. The Labute approximate surface area is 154 Å². The molecule has 1 saturated heterocycles. The average molecular weight is 360 g/mol. The number of β-amino-alcohol motifs (C(OH)–C–C–N with tert-alkyl or cyclic N) is 1. The molecule has 0 spiro atoms. The lowest BCUT2D eigenvalue weighted by atomic mass is 9.95. The summed E-state index contributed by atoms with van der Waals surface area (Å²) in [5, 5.41) is 16.3. The third-order valence-electron chi connectivity index (χ3n) is 5.22. The maximum atomic E-state index is 12.2. The number of pyridine rings is 1. The number of nitrogens with one attached hydrogen (secondary N) is 2. The Hall–Kier alpha value is -1.99. The van der Waals surface area contributed by atoms with Gasteiger partial charge in [-0.15, -0.1) is 0 Å². The van der Waals surface area contributed by atoms with Gasteiger partial charge in [0.2, 0.25) is 5.91 Å². The van der Waals surface area contributed by atoms with Crippen LogP contribution >= 0.6 is 0 Å². The van der Waals surface area contributed by atoms with Gasteiger partial charge in [-0.2, -0.15) is 0 Å². The number of hydrogen-bond donors (Lipinski definition) is 3. The van der Waals surface area contributed by atoms with E-state index < -0.39 is 6.10 Å². The lowest BCUT2D eigenvalue weighted by Crippen LogP contribution is -2.56. The Balaban J connectivity index is 1.43. The lowest BCUT2D eigenvalue weighted by Gasteiger charge is -2.36. The molecule has 0 unspecified atom stereocenters. The van der Waals surface area contributed by atoms with E-state index in [2.05, 4.69) is 15.6 Å². The number of aliphatic hydroxyl groups excluding tert-OH is 1. The summed E-state index contributed by atoms with van der Waals surface area (Å²) in [6.07, 6.45) is 7.24. The van der Waals surface area contributed by atoms with Crippen molar-refractivity contribution in [2.45, 2.75) is 56.7 Å². The standard InChI is InChI=1S/C19H28N4O3/c24-17-12-23(13-18(25)21-14-6-2-1-3-7-14)11-9-15(17)22-19(26)16-8-4-5-10-20-16/h4-5,8,10,14-15,17,24H,1-3,6-7,9,11-13H2,(H,21,25)(H,22,26)/t15-,17-/m1/s1. The van der Waals surface area contributed by atoms with Gasteiger partial charge >= 0.3 is 0 Å². The van der Waals surface area contributed by atoms with E-state index in [0.29, 0.717) is 37.8 Å². The topological polar surface area (TPSA) is 94.6 Å². The predicted molar refractivity (Wildman–Crippen MR) is 97.6 cm³/mol. The maximum absolute atomic E-state index is 12.2. The van der Waals surface area contributed by atoms with Gasteiger partial charge in [0.25, 0.3) is 5.91 Å². The molecule has 0 radical (unpaired) electrons. The molecule has 7 nitrogen and oxygen atoms in total. The molecule has 1 saturated carbocycles. The number of aromatic nitrogens is 1. The highest BCUT2D eigenvalue weighted by molar-refractivity contribution is 5.92. The number of likely N-dealkylation sites (tertiary alicyclic amines) is 1. The van der Waals surface area contributed by atoms with Gasteiger partial charge in [-0.3, -0.25) is 19.5 Å². The van der Waals surface area contributed by atoms with Crippen LogP contribution in [-0.2, 0) is 4.79 Å². The van der Waals surface area contributed by atoms with Gasteiger partial charge in [-0.05, 0) is 31.4 Å². The van der Waals surface area contributed by atoms with Crippen molar-refractivity contribution in [1.29, 1.82) is 0 Å². The van der Waals surface area contributed by atoms with Crippen LogP contribution in [0.5, 0.6) is 0 Å². The first-order chi connectivity index (χ1) is 12.6. The van der Waals surface area contributed by atoms with E-state index in [1.807, 2.05) is 4.90 Å². The fourth-order valence-electron chi connectivity index (χ4n) is 3.77. The number of hydrogen-bond acceptors (Lipinski definition) is 5. The second kappa shape index (κ2) is 9.09. The van der Waals surface area contributed by atoms with E-state index in [1.165, 1.54) is 19.3 Å². The fraction of sp³-hybridized carbons (Fsp3) is 0.632. The van der Waals surface area contributed by atoms with Crippen LogP contribution in [0.4, 0.5) is 0 Å². The number of rotatable bonds is 5. The smallest absolute Gasteiger partial charge is 0.270 e. The van der Waals surface area contributed by atoms with Crippen molar-refractivity contribution < 1.29 is 14.7 Å². The molecule has 1 aliphatic heterocycles. The van der Waals surface area contributed by atoms with E-state index in [4.69, 9.17) is 0 Å². The first-order valence-corrected chi connectivity index (χ1v) is 9.53. The Morgan fingerprint density at radius 1 is 1.15 bits per heavy atom. The molecule has 3 rings (SSSR count). The summed E-state index contributed by atoms with van der Waals surface area (Å²) in [5.41, 5.74) is 0.342. The summed E-state index contributed by atoms with van der Waals surface area (Å²) in [4.78, 5) is 30.4. The van der Waals surface area contributed by atoms with Gasteiger partial charge in [0, 0.05) is 25.3 Å². The van der Waals surface area contributed by atoms with E-state index >= 15 is 0 Å². The molecule has 26 heavy (non-hydrogen) atoms. The summed E-state index contributed by atoms with van der Waals surface area (Å²) in [6.45, 7) is 1.35. The van der Waals surface area contributed by atoms with Crippen LogP contribution in [0, 0.1) is 0 Å². The number of carbonyl (C=O) groups excluding carboxylic acids is 2. The normalized spacial score (nSPS) is 24.8. The van der Waals surface area contributed by atoms with Crippen molar-refractivity contribution in [1.82, 2.24) is 20.5 Å². The molecule has 7 heteroatoms. The number of aliphatic hydroxyl groups is 1. The van der Waals surface area contributed by atoms with Crippen LogP contribution in [-0.4, -0.2) is 64.6 Å². The largest absolute Gasteiger partial charge is 0.390 e. The number of piperidine rings is 1. The molecular formula is C19H28N4O3. The Morgan fingerprint density at radius 3 is 2.65 bits per heavy atom. The molecule has 142 valence electrons. The summed E-state index contributed by atoms with van der Waals surface area (Å²) < 4.78 is 0. The highest BCUT2D eigenvalue weighted by atomic mass is 16.3. The van der Waals surface area contributed by atoms with E-state index in [9.17, 15) is 14.7 Å². The van der Waals surface area contributed by atoms with Gasteiger partial charge in [-0.1, -0.05) is 25.3 Å². The molecule has 3 N–H and O–H groups in total. The quantitative estimate of drug-likeness (QED) is 0.718. The predicted octanol–water partition coefficient (Wildman–Crippen LogP) is 0.695. The molecule has 0 aromatic carbocycles. The summed E-state index contributed by atoms with van der Waals surface area (Å²) >= 11 is 0. The Kier molecular flexibility index (Phi) is 6.57. The van der Waals surface area contributed by atoms with Crippen molar-refractivity contribution in [2.24, 2.45) is 0 Å². The lowest BCUT2D eigenvalue weighted by molar-refractivity contribution is -0.124. The third-order valence-corrected chi connectivity index (χ3v) is 5.22. The van der Waals surface area contributed by atoms with E-state index in [0.717, 1.165) is 12.8 Å². The highest BCUT2D eigenvalue weighted by Crippen LogP contribution is 2.17. The van der Waals surface area contributed by atoms with Crippen LogP contribution in [0.15, 0.2) is 24.4 Å². The second-order valence-corrected chi connectivity index (χ2v) is 7.29. The van der Waals surface area contributed by atoms with Gasteiger partial charge < -0.3 is 15.7 Å². The molecule has 2 amide bonds. The fourth-order valence-corrected chi connectivity index (χ4v) is 3.77. The van der Waals surface area contributed by atoms with E-state index in [1.54, 1.807) is 24.4 Å². The van der Waals surface area contributed by atoms with Crippen molar-refractivity contribution in [3.8, 4) is 0 Å². The highest BCUT2D eigenvalue weighted by Gasteiger charge is 2.30. The molecule has 0 bridgehead atoms.